The lowest BCUT2D eigenvalue weighted by molar-refractivity contribution is -0.123. The van der Waals surface area contributed by atoms with Crippen molar-refractivity contribution in [2.45, 2.75) is 58.0 Å². The molecule has 4 rings (SSSR count). The zero-order valence-electron chi connectivity index (χ0n) is 20.5. The van der Waals surface area contributed by atoms with Gasteiger partial charge in [0.2, 0.25) is 5.91 Å². The van der Waals surface area contributed by atoms with Gasteiger partial charge in [0.25, 0.3) is 5.91 Å². The average molecular weight is 507 g/mol. The molecule has 0 aliphatic heterocycles. The first-order chi connectivity index (χ1) is 17.5. The highest BCUT2D eigenvalue weighted by Crippen LogP contribution is 2.35. The van der Waals surface area contributed by atoms with Crippen molar-refractivity contribution < 1.29 is 19.1 Å². The lowest BCUT2D eigenvalue weighted by Gasteiger charge is -2.33. The number of anilines is 1. The minimum atomic E-state index is -0.908. The maximum atomic E-state index is 13.9. The lowest BCUT2D eigenvalue weighted by atomic mass is 9.95. The van der Waals surface area contributed by atoms with Gasteiger partial charge in [-0.15, -0.1) is 11.3 Å². The zero-order chi connectivity index (χ0) is 25.5. The molecule has 2 heterocycles. The second kappa shape index (κ2) is 11.9. The van der Waals surface area contributed by atoms with E-state index in [0.29, 0.717) is 11.3 Å². The fourth-order valence-corrected chi connectivity index (χ4v) is 5.45. The number of nitrogens with zero attached hydrogens (tertiary/aromatic N) is 3. The summed E-state index contributed by atoms with van der Waals surface area (Å²) in [5.41, 5.74) is 1.87. The van der Waals surface area contributed by atoms with E-state index >= 15 is 0 Å². The molecule has 9 heteroatoms. The van der Waals surface area contributed by atoms with Crippen LogP contribution in [0.2, 0.25) is 0 Å². The third-order valence-electron chi connectivity index (χ3n) is 6.27. The van der Waals surface area contributed by atoms with Gasteiger partial charge in [-0.1, -0.05) is 19.3 Å². The topological polar surface area (TPSA) is 101 Å². The van der Waals surface area contributed by atoms with Gasteiger partial charge in [-0.3, -0.25) is 19.5 Å². The first kappa shape index (κ1) is 25.5. The molecule has 1 unspecified atom stereocenters. The van der Waals surface area contributed by atoms with Crippen LogP contribution < -0.4 is 10.2 Å². The number of ether oxygens (including phenoxy) is 1. The summed E-state index contributed by atoms with van der Waals surface area (Å²) in [5.74, 6) is -1.14. The number of benzene rings is 1. The number of aryl methyl sites for hydroxylation is 1. The molecule has 2 amide bonds. The number of thiophene rings is 1. The summed E-state index contributed by atoms with van der Waals surface area (Å²) in [4.78, 5) is 50.4. The Hall–Kier alpha value is -3.59. The van der Waals surface area contributed by atoms with Gasteiger partial charge in [-0.05, 0) is 68.0 Å². The molecule has 0 bridgehead atoms. The monoisotopic (exact) mass is 506 g/mol. The van der Waals surface area contributed by atoms with E-state index < -0.39 is 17.9 Å². The van der Waals surface area contributed by atoms with Crippen LogP contribution in [-0.4, -0.2) is 40.4 Å². The van der Waals surface area contributed by atoms with E-state index in [0.717, 1.165) is 36.1 Å². The molecule has 0 spiro atoms. The summed E-state index contributed by atoms with van der Waals surface area (Å²) in [7, 11) is 0. The van der Waals surface area contributed by atoms with Gasteiger partial charge in [0.05, 0.1) is 18.4 Å². The number of hydrogen-bond donors (Lipinski definition) is 1. The third-order valence-corrected chi connectivity index (χ3v) is 7.34. The minimum Gasteiger partial charge on any atom is -0.462 e. The molecule has 0 radical (unpaired) electrons. The number of hydrogen-bond acceptors (Lipinski definition) is 7. The molecule has 1 saturated carbocycles. The molecule has 188 valence electrons. The number of carbonyl (C=O) groups excluding carboxylic acids is 3. The largest absolute Gasteiger partial charge is 0.462 e. The summed E-state index contributed by atoms with van der Waals surface area (Å²) in [6.45, 7) is 3.94. The van der Waals surface area contributed by atoms with E-state index in [9.17, 15) is 14.4 Å². The van der Waals surface area contributed by atoms with Gasteiger partial charge in [0.1, 0.15) is 5.69 Å². The summed E-state index contributed by atoms with van der Waals surface area (Å²) in [6, 6.07) is 7.62. The molecule has 0 saturated heterocycles. The molecular weight excluding hydrogens is 476 g/mol. The maximum Gasteiger partial charge on any atom is 0.338 e. The highest BCUT2D eigenvalue weighted by atomic mass is 32.1. The summed E-state index contributed by atoms with van der Waals surface area (Å²) in [6.07, 6.45) is 9.50. The van der Waals surface area contributed by atoms with Crippen LogP contribution >= 0.6 is 11.3 Å². The van der Waals surface area contributed by atoms with Gasteiger partial charge in [0.15, 0.2) is 6.04 Å². The van der Waals surface area contributed by atoms with Crippen molar-refractivity contribution in [2.24, 2.45) is 0 Å². The standard InChI is InChI=1S/C27H30N4O4S/c1-3-35-27(34)19-9-11-21(12-10-19)31(26(33)22-17-28-14-15-29-22)23(24-18(2)13-16-36-24)25(32)30-20-7-5-4-6-8-20/h9-17,20,23H,3-8H2,1-2H3,(H,30,32). The van der Waals surface area contributed by atoms with Crippen molar-refractivity contribution in [1.82, 2.24) is 15.3 Å². The Kier molecular flexibility index (Phi) is 8.43. The van der Waals surface area contributed by atoms with Gasteiger partial charge in [-0.2, -0.15) is 0 Å². The van der Waals surface area contributed by atoms with E-state index in [4.69, 9.17) is 4.74 Å². The highest BCUT2D eigenvalue weighted by Gasteiger charge is 2.36. The van der Waals surface area contributed by atoms with E-state index in [1.54, 1.807) is 31.2 Å². The number of amides is 2. The van der Waals surface area contributed by atoms with Gasteiger partial charge >= 0.3 is 5.97 Å². The van der Waals surface area contributed by atoms with E-state index in [1.165, 1.54) is 41.2 Å². The zero-order valence-corrected chi connectivity index (χ0v) is 21.3. The van der Waals surface area contributed by atoms with Crippen LogP contribution in [0, 0.1) is 6.92 Å². The molecule has 8 nitrogen and oxygen atoms in total. The predicted octanol–water partition coefficient (Wildman–Crippen LogP) is 4.86. The van der Waals surface area contributed by atoms with Crippen LogP contribution in [0.4, 0.5) is 5.69 Å². The van der Waals surface area contributed by atoms with Crippen molar-refractivity contribution in [2.75, 3.05) is 11.5 Å². The first-order valence-corrected chi connectivity index (χ1v) is 13.1. The molecule has 1 N–H and O–H groups in total. The lowest BCUT2D eigenvalue weighted by Crippen LogP contribution is -2.47. The van der Waals surface area contributed by atoms with Crippen LogP contribution in [0.15, 0.2) is 54.3 Å². The van der Waals surface area contributed by atoms with Gasteiger partial charge in [0, 0.05) is 29.0 Å². The molecular formula is C27H30N4O4S. The van der Waals surface area contributed by atoms with Crippen LogP contribution in [0.3, 0.4) is 0 Å². The van der Waals surface area contributed by atoms with Gasteiger partial charge < -0.3 is 10.1 Å². The Balaban J connectivity index is 1.77. The van der Waals surface area contributed by atoms with Crippen LogP contribution in [0.25, 0.3) is 0 Å². The fourth-order valence-electron chi connectivity index (χ4n) is 4.43. The van der Waals surface area contributed by atoms with Crippen LogP contribution in [-0.2, 0) is 9.53 Å². The second-order valence-corrected chi connectivity index (χ2v) is 9.69. The molecule has 1 atom stereocenters. The fraction of sp³-hybridized carbons (Fsp3) is 0.370. The normalized spacial score (nSPS) is 14.6. The van der Waals surface area contributed by atoms with Crippen LogP contribution in [0.1, 0.15) is 76.4 Å². The first-order valence-electron chi connectivity index (χ1n) is 12.2. The second-order valence-electron chi connectivity index (χ2n) is 8.75. The van der Waals surface area contributed by atoms with Crippen molar-refractivity contribution in [3.63, 3.8) is 0 Å². The third kappa shape index (κ3) is 5.79. The van der Waals surface area contributed by atoms with Crippen molar-refractivity contribution in [1.29, 1.82) is 0 Å². The Morgan fingerprint density at radius 1 is 1.11 bits per heavy atom. The van der Waals surface area contributed by atoms with E-state index in [1.807, 2.05) is 18.4 Å². The predicted molar refractivity (Wildman–Crippen MR) is 138 cm³/mol. The number of aromatic nitrogens is 2. The Labute approximate surface area is 214 Å². The maximum absolute atomic E-state index is 13.9. The van der Waals surface area contributed by atoms with Crippen molar-refractivity contribution >= 4 is 34.8 Å². The van der Waals surface area contributed by atoms with Gasteiger partial charge in [-0.25, -0.2) is 9.78 Å². The Bertz CT molecular complexity index is 1190. The highest BCUT2D eigenvalue weighted by molar-refractivity contribution is 7.10. The number of rotatable bonds is 8. The number of carbonyl (C=O) groups is 3. The molecule has 1 fully saturated rings. The number of esters is 1. The molecule has 3 aromatic rings. The Morgan fingerprint density at radius 3 is 2.47 bits per heavy atom. The van der Waals surface area contributed by atoms with E-state index in [2.05, 4.69) is 15.3 Å². The summed E-state index contributed by atoms with van der Waals surface area (Å²) in [5, 5.41) is 5.12. The van der Waals surface area contributed by atoms with Crippen molar-refractivity contribution in [3.05, 3.63) is 76.0 Å². The van der Waals surface area contributed by atoms with Crippen molar-refractivity contribution in [3.8, 4) is 0 Å². The molecule has 2 aromatic heterocycles. The minimum absolute atomic E-state index is 0.0775. The summed E-state index contributed by atoms with van der Waals surface area (Å²) < 4.78 is 5.09. The molecule has 1 aromatic carbocycles. The van der Waals surface area contributed by atoms with Crippen LogP contribution in [0.5, 0.6) is 0 Å². The smallest absolute Gasteiger partial charge is 0.338 e. The molecule has 1 aliphatic rings. The number of nitrogens with one attached hydrogen (secondary N) is 1. The van der Waals surface area contributed by atoms with E-state index in [-0.39, 0.29) is 24.2 Å². The molecule has 36 heavy (non-hydrogen) atoms. The quantitative estimate of drug-likeness (QED) is 0.438. The summed E-state index contributed by atoms with van der Waals surface area (Å²) >= 11 is 1.43. The SMILES string of the molecule is CCOC(=O)c1ccc(N(C(=O)c2cnccn2)C(C(=O)NC2CCCCC2)c2sccc2C)cc1. The Morgan fingerprint density at radius 2 is 1.86 bits per heavy atom. The average Bonchev–Trinajstić information content (AvgIpc) is 3.33. The molecule has 1 aliphatic carbocycles.